The van der Waals surface area contributed by atoms with Gasteiger partial charge >= 0.3 is 0 Å². The van der Waals surface area contributed by atoms with Crippen molar-refractivity contribution in [1.29, 1.82) is 0 Å². The van der Waals surface area contributed by atoms with Gasteiger partial charge in [-0.25, -0.2) is 0 Å². The summed E-state index contributed by atoms with van der Waals surface area (Å²) >= 11 is 6.09. The van der Waals surface area contributed by atoms with Crippen molar-refractivity contribution < 1.29 is 58.5 Å². The first-order valence-electron chi connectivity index (χ1n) is 27.0. The number of hydrogen-bond donors (Lipinski definition) is 15. The van der Waals surface area contributed by atoms with Gasteiger partial charge < -0.3 is 80.4 Å². The van der Waals surface area contributed by atoms with Crippen LogP contribution >= 0.6 is 33.2 Å². The van der Waals surface area contributed by atoms with E-state index in [9.17, 15) is 58.5 Å². The number of nitrogens with one attached hydrogen (secondary N) is 9. The number of fused-ring (bicyclic) bond motifs is 2. The first kappa shape index (κ1) is 63.1. The van der Waals surface area contributed by atoms with E-state index in [1.165, 1.54) is 48.5 Å². The smallest absolute Gasteiger partial charge is 0.246 e. The largest absolute Gasteiger partial charge is 0.508 e. The molecule has 7 rings (SSSR count). The van der Waals surface area contributed by atoms with Crippen LogP contribution in [0.2, 0.25) is 5.02 Å². The van der Waals surface area contributed by atoms with E-state index in [2.05, 4.69) is 47.9 Å². The van der Waals surface area contributed by atoms with Crippen molar-refractivity contribution in [2.75, 3.05) is 24.2 Å². The Morgan fingerprint density at radius 1 is 0.675 bits per heavy atom. The molecule has 0 spiro atoms. The molecule has 1 unspecified atom stereocenters. The molecule has 3 heterocycles. The summed E-state index contributed by atoms with van der Waals surface area (Å²) in [6, 6.07) is 12.4. The Hall–Kier alpha value is -7.46. The molecule has 0 aliphatic carbocycles. The number of anilines is 1. The maximum Gasteiger partial charge on any atom is 0.246 e. The number of aromatic hydroxyl groups is 2. The van der Waals surface area contributed by atoms with Crippen LogP contribution in [0.25, 0.3) is 0 Å². The summed E-state index contributed by atoms with van der Waals surface area (Å²) in [6.07, 6.45) is -0.246. The Kier molecular flexibility index (Phi) is 23.0. The van der Waals surface area contributed by atoms with Crippen LogP contribution in [0.1, 0.15) is 54.4 Å². The first-order valence-corrected chi connectivity index (χ1v) is 29.8. The van der Waals surface area contributed by atoms with Gasteiger partial charge in [0.2, 0.25) is 53.2 Å². The fraction of sp³-hybridized carbons (Fsp3) is 0.411. The summed E-state index contributed by atoms with van der Waals surface area (Å²) in [6.45, 7) is 0.932. The molecule has 18 N–H and O–H groups in total. The molecule has 11 atom stereocenters. The van der Waals surface area contributed by atoms with Crippen LogP contribution in [-0.4, -0.2) is 153 Å². The minimum atomic E-state index is -1.89. The highest BCUT2D eigenvalue weighted by molar-refractivity contribution is 8.77. The van der Waals surface area contributed by atoms with Gasteiger partial charge in [0.1, 0.15) is 53.8 Å². The van der Waals surface area contributed by atoms with Crippen LogP contribution in [0.4, 0.5) is 5.69 Å². The van der Waals surface area contributed by atoms with Crippen LogP contribution in [0.5, 0.6) is 11.5 Å². The lowest BCUT2D eigenvalue weighted by Crippen LogP contribution is -2.71. The van der Waals surface area contributed by atoms with Gasteiger partial charge in [0, 0.05) is 35.7 Å². The maximum absolute atomic E-state index is 14.9. The average Bonchev–Trinajstić information content (AvgIpc) is 4.02. The molecule has 3 saturated heterocycles. The zero-order chi connectivity index (χ0) is 59.7. The number of primary amides is 1. The number of rotatable bonds is 19. The number of aliphatic hydroxyl groups excluding tert-OH is 1. The third-order valence-electron chi connectivity index (χ3n) is 14.2. The maximum atomic E-state index is 14.9. The van der Waals surface area contributed by atoms with E-state index in [1.54, 1.807) is 48.5 Å². The van der Waals surface area contributed by atoms with Gasteiger partial charge in [-0.1, -0.05) is 81.7 Å². The van der Waals surface area contributed by atoms with Gasteiger partial charge in [-0.15, -0.1) is 0 Å². The molecule has 0 aromatic heterocycles. The van der Waals surface area contributed by atoms with E-state index >= 15 is 0 Å². The van der Waals surface area contributed by atoms with Crippen molar-refractivity contribution in [3.8, 4) is 11.5 Å². The van der Waals surface area contributed by atoms with Crippen molar-refractivity contribution >= 4 is 92.0 Å². The highest BCUT2D eigenvalue weighted by Crippen LogP contribution is 2.35. The van der Waals surface area contributed by atoms with Crippen molar-refractivity contribution in [2.45, 2.75) is 124 Å². The number of benzene rings is 4. The average molecular weight is 1200 g/mol. The van der Waals surface area contributed by atoms with E-state index < -0.39 is 107 Å². The predicted molar refractivity (Wildman–Crippen MR) is 312 cm³/mol. The Balaban J connectivity index is 1.25. The van der Waals surface area contributed by atoms with E-state index in [1.807, 2.05) is 0 Å². The van der Waals surface area contributed by atoms with Crippen LogP contribution < -0.4 is 65.1 Å². The molecule has 4 aromatic carbocycles. The van der Waals surface area contributed by atoms with E-state index in [-0.39, 0.29) is 67.8 Å². The molecule has 3 fully saturated rings. The highest BCUT2D eigenvalue weighted by Gasteiger charge is 2.49. The summed E-state index contributed by atoms with van der Waals surface area (Å²) < 4.78 is 0. The summed E-state index contributed by atoms with van der Waals surface area (Å²) in [4.78, 5) is 127. The summed E-state index contributed by atoms with van der Waals surface area (Å²) in [5.74, 6) is -8.03. The van der Waals surface area contributed by atoms with Gasteiger partial charge in [0.05, 0.1) is 23.4 Å². The molecule has 24 nitrogen and oxygen atoms in total. The van der Waals surface area contributed by atoms with Crippen molar-refractivity contribution in [1.82, 2.24) is 42.5 Å². The normalized spacial score (nSPS) is 24.2. The number of amides is 9. The number of phenolic OH excluding ortho intramolecular Hbond substituents is 2. The Morgan fingerprint density at radius 3 is 1.82 bits per heavy atom. The number of carbonyl (C=O) groups is 9. The number of unbranched alkanes of at least 4 members (excludes halogenated alkanes) is 1. The van der Waals surface area contributed by atoms with Gasteiger partial charge in [0.25, 0.3) is 0 Å². The molecule has 0 radical (unpaired) electrons. The fourth-order valence-electron chi connectivity index (χ4n) is 9.53. The number of nitrogens with two attached hydrogens (primary N) is 3. The van der Waals surface area contributed by atoms with Gasteiger partial charge in [-0.2, -0.15) is 0 Å². The minimum absolute atomic E-state index is 0.00859. The molecule has 27 heteroatoms. The molecule has 4 aromatic rings. The number of phenols is 2. The number of carbonyl (C=O) groups excluding carboxylic acids is 9. The van der Waals surface area contributed by atoms with Crippen LogP contribution in [0, 0.1) is 0 Å². The minimum Gasteiger partial charge on any atom is -0.508 e. The first-order chi connectivity index (χ1) is 39.7. The van der Waals surface area contributed by atoms with Gasteiger partial charge in [-0.05, 0) is 122 Å². The van der Waals surface area contributed by atoms with E-state index in [0.717, 1.165) is 28.0 Å². The molecule has 3 aliphatic rings. The third-order valence-corrected chi connectivity index (χ3v) is 17.3. The van der Waals surface area contributed by atoms with Crippen LogP contribution in [0.15, 0.2) is 97.1 Å². The lowest BCUT2D eigenvalue weighted by molar-refractivity contribution is -0.140. The summed E-state index contributed by atoms with van der Waals surface area (Å²) in [5.41, 5.74) is 20.5. The molecular formula is C56H69ClN12O12S2. The van der Waals surface area contributed by atoms with Gasteiger partial charge in [0.15, 0.2) is 0 Å². The summed E-state index contributed by atoms with van der Waals surface area (Å²) in [7, 11) is 1.67. The molecule has 2 bridgehead atoms. The highest BCUT2D eigenvalue weighted by atomic mass is 35.5. The second-order valence-corrected chi connectivity index (χ2v) is 23.5. The third kappa shape index (κ3) is 18.3. The molecule has 9 amide bonds. The number of halogens is 1. The van der Waals surface area contributed by atoms with Crippen molar-refractivity contribution in [2.24, 2.45) is 17.2 Å². The van der Waals surface area contributed by atoms with Crippen molar-refractivity contribution in [3.05, 3.63) is 124 Å². The fourth-order valence-corrected chi connectivity index (χ4v) is 12.6. The second kappa shape index (κ2) is 30.2. The van der Waals surface area contributed by atoms with Crippen molar-refractivity contribution in [3.63, 3.8) is 0 Å². The topological polar surface area (TPSA) is 401 Å². The van der Waals surface area contributed by atoms with Crippen LogP contribution in [-0.2, 0) is 68.8 Å². The number of hydrogen-bond acceptors (Lipinski definition) is 17. The zero-order valence-corrected chi connectivity index (χ0v) is 47.4. The second-order valence-electron chi connectivity index (χ2n) is 20.5. The molecule has 83 heavy (non-hydrogen) atoms. The monoisotopic (exact) mass is 1200 g/mol. The molecule has 0 saturated carbocycles. The number of piperidine rings is 1. The molecule has 3 aliphatic heterocycles. The van der Waals surface area contributed by atoms with E-state index in [4.69, 9.17) is 28.8 Å². The lowest BCUT2D eigenvalue weighted by atomic mass is 9.94. The Bertz CT molecular complexity index is 2940. The zero-order valence-electron chi connectivity index (χ0n) is 45.0. The molecular weight excluding hydrogens is 1130 g/mol. The predicted octanol–water partition coefficient (Wildman–Crippen LogP) is -0.814. The number of aliphatic hydroxyl groups is 1. The van der Waals surface area contributed by atoms with Crippen LogP contribution in [0.3, 0.4) is 0 Å². The van der Waals surface area contributed by atoms with E-state index in [0.29, 0.717) is 58.8 Å². The van der Waals surface area contributed by atoms with Gasteiger partial charge in [-0.3, -0.25) is 43.2 Å². The SMILES string of the molecule is NCCCC[C@@H]1NC(=O)[C@@H](Cc2ccc(NC(=O)[C@@H]3CCCN3)cc2)NC(=O)[C@H](Cc2ccc(O)cc2)NC(=O)[C@H](NC(=O)[C@@H](N)Cc2ccc(Cl)cc2)CSSC2[C@@H](C(=O)N[C@H](Cc3ccc(O)cc3)C(N)=O)NC(=O)[C@@H](NC1=O)[C@@H]2O. The summed E-state index contributed by atoms with van der Waals surface area (Å²) in [5, 5.41) is 55.8. The molecule has 444 valence electrons. The lowest BCUT2D eigenvalue weighted by Gasteiger charge is -2.40. The Morgan fingerprint density at radius 2 is 1.23 bits per heavy atom. The Labute approximate surface area is 491 Å². The standard InChI is InChI=1S/C56H69ClN12O12S2/c57-33-14-6-29(7-15-33)24-37(59)49(74)67-43-28-82-83-47-45(56(81)64-40(48(60)73)25-31-10-18-35(70)19-11-31)69-55(80)44(46(47)72)68-51(76)39(4-1-2-22-58)63-52(77)41(26-30-8-16-34(17-9-30)62-50(75)38-5-3-23-61-38)65-53(78)42(66-54(43)79)27-32-12-20-36(71)21-13-32/h6-21,37-47,61,70-72H,1-5,22-28,58-59H2,(H2,60,73)(H,62,75)(H,63,77)(H,64,81)(H,65,78)(H,66,79)(H,67,74)(H,68,76)(H,69,80)/t37-,38-,39-,40+,41+,42-,43+,44-,45-,46-,47?/m0/s1. The quantitative estimate of drug-likeness (QED) is 0.0403.